The normalized spacial score (nSPS) is 11.1. The van der Waals surface area contributed by atoms with Crippen LogP contribution in [0.3, 0.4) is 0 Å². The predicted molar refractivity (Wildman–Crippen MR) is 95.2 cm³/mol. The molecule has 0 saturated heterocycles. The maximum Gasteiger partial charge on any atom is 0.181 e. The molecule has 4 nitrogen and oxygen atoms in total. The summed E-state index contributed by atoms with van der Waals surface area (Å²) in [7, 11) is 0. The van der Waals surface area contributed by atoms with Gasteiger partial charge >= 0.3 is 0 Å². The molecule has 0 fully saturated rings. The van der Waals surface area contributed by atoms with Gasteiger partial charge in [0, 0.05) is 24.9 Å². The van der Waals surface area contributed by atoms with Gasteiger partial charge in [0.25, 0.3) is 0 Å². The van der Waals surface area contributed by atoms with E-state index in [1.165, 1.54) is 12.1 Å². The van der Waals surface area contributed by atoms with Crippen molar-refractivity contribution in [1.82, 2.24) is 0 Å². The SMILES string of the molecule is C=C(OS)c1ccc(OC2=CC=CCC2)cc1.CC.N#CC#N. The van der Waals surface area contributed by atoms with Crippen LogP contribution in [0, 0.1) is 22.7 Å². The molecule has 0 unspecified atom stereocenters. The van der Waals surface area contributed by atoms with Gasteiger partial charge in [0.05, 0.1) is 0 Å². The van der Waals surface area contributed by atoms with Crippen molar-refractivity contribution in [3.8, 4) is 17.9 Å². The van der Waals surface area contributed by atoms with Crippen LogP contribution in [0.5, 0.6) is 5.75 Å². The Morgan fingerprint density at radius 3 is 2.22 bits per heavy atom. The zero-order chi connectivity index (χ0) is 17.5. The van der Waals surface area contributed by atoms with Crippen molar-refractivity contribution < 1.29 is 8.92 Å². The van der Waals surface area contributed by atoms with Gasteiger partial charge in [-0.2, -0.15) is 10.5 Å². The van der Waals surface area contributed by atoms with E-state index < -0.39 is 0 Å². The summed E-state index contributed by atoms with van der Waals surface area (Å²) >= 11 is 3.71. The van der Waals surface area contributed by atoms with Crippen molar-refractivity contribution >= 4 is 18.7 Å². The molecule has 0 N–H and O–H groups in total. The first kappa shape index (κ1) is 20.4. The topological polar surface area (TPSA) is 66.0 Å². The maximum atomic E-state index is 7.26. The Labute approximate surface area is 143 Å². The van der Waals surface area contributed by atoms with Gasteiger partial charge in [0.2, 0.25) is 0 Å². The number of thiol groups is 1. The Kier molecular flexibility index (Phi) is 11.6. The molecular formula is C18H20N2O2S. The molecule has 0 saturated carbocycles. The summed E-state index contributed by atoms with van der Waals surface area (Å²) in [6.07, 6.45) is 8.12. The van der Waals surface area contributed by atoms with Crippen LogP contribution < -0.4 is 4.74 Å². The Morgan fingerprint density at radius 2 is 1.78 bits per heavy atom. The highest BCUT2D eigenvalue weighted by molar-refractivity contribution is 7.75. The van der Waals surface area contributed by atoms with E-state index in [0.717, 1.165) is 29.9 Å². The third-order valence-corrected chi connectivity index (χ3v) is 2.78. The molecular weight excluding hydrogens is 308 g/mol. The first-order valence-electron chi connectivity index (χ1n) is 7.13. The lowest BCUT2D eigenvalue weighted by molar-refractivity contribution is 0.402. The molecule has 1 aliphatic carbocycles. The molecule has 0 amide bonds. The molecule has 0 aromatic heterocycles. The number of rotatable bonds is 4. The van der Waals surface area contributed by atoms with Crippen LogP contribution in [0.15, 0.2) is 54.8 Å². The van der Waals surface area contributed by atoms with Gasteiger partial charge in [0.1, 0.15) is 17.3 Å². The van der Waals surface area contributed by atoms with E-state index in [9.17, 15) is 0 Å². The molecule has 1 aromatic carbocycles. The van der Waals surface area contributed by atoms with E-state index in [1.54, 1.807) is 0 Å². The largest absolute Gasteiger partial charge is 0.462 e. The fourth-order valence-electron chi connectivity index (χ4n) is 1.58. The summed E-state index contributed by atoms with van der Waals surface area (Å²) < 4.78 is 10.5. The van der Waals surface area contributed by atoms with Crippen LogP contribution >= 0.6 is 12.9 Å². The minimum Gasteiger partial charge on any atom is -0.462 e. The number of benzene rings is 1. The highest BCUT2D eigenvalue weighted by atomic mass is 32.1. The number of allylic oxidation sites excluding steroid dienone is 4. The van der Waals surface area contributed by atoms with E-state index in [4.69, 9.17) is 19.4 Å². The second kappa shape index (κ2) is 13.1. The van der Waals surface area contributed by atoms with E-state index in [1.807, 2.05) is 50.3 Å². The van der Waals surface area contributed by atoms with Crippen LogP contribution in [-0.2, 0) is 4.18 Å². The number of nitriles is 2. The first-order valence-corrected chi connectivity index (χ1v) is 7.50. The minimum absolute atomic E-state index is 0.527. The van der Waals surface area contributed by atoms with Gasteiger partial charge in [-0.1, -0.05) is 32.6 Å². The van der Waals surface area contributed by atoms with Crippen LogP contribution in [0.4, 0.5) is 0 Å². The van der Waals surface area contributed by atoms with Gasteiger partial charge in [-0.05, 0) is 36.8 Å². The zero-order valence-electron chi connectivity index (χ0n) is 13.3. The molecule has 120 valence electrons. The summed E-state index contributed by atoms with van der Waals surface area (Å²) in [5, 5.41) is 14.5. The number of hydrogen-bond donors (Lipinski definition) is 1. The van der Waals surface area contributed by atoms with Gasteiger partial charge in [-0.25, -0.2) is 0 Å². The molecule has 5 heteroatoms. The summed E-state index contributed by atoms with van der Waals surface area (Å²) in [4.78, 5) is 0. The molecule has 1 aliphatic rings. The fourth-order valence-corrected chi connectivity index (χ4v) is 1.68. The molecule has 23 heavy (non-hydrogen) atoms. The first-order chi connectivity index (χ1) is 11.2. The van der Waals surface area contributed by atoms with Crippen molar-refractivity contribution in [2.45, 2.75) is 26.7 Å². The predicted octanol–water partition coefficient (Wildman–Crippen LogP) is 5.19. The van der Waals surface area contributed by atoms with Crippen LogP contribution in [0.1, 0.15) is 32.3 Å². The van der Waals surface area contributed by atoms with E-state index in [-0.39, 0.29) is 0 Å². The van der Waals surface area contributed by atoms with Gasteiger partial charge in [-0.3, -0.25) is 0 Å². The second-order valence-electron chi connectivity index (χ2n) is 3.96. The average Bonchev–Trinajstić information content (AvgIpc) is 2.64. The van der Waals surface area contributed by atoms with Crippen LogP contribution in [-0.4, -0.2) is 0 Å². The van der Waals surface area contributed by atoms with E-state index in [0.29, 0.717) is 5.76 Å². The third-order valence-electron chi connectivity index (χ3n) is 2.56. The van der Waals surface area contributed by atoms with Gasteiger partial charge < -0.3 is 8.92 Å². The lowest BCUT2D eigenvalue weighted by atomic mass is 10.1. The molecule has 0 bridgehead atoms. The van der Waals surface area contributed by atoms with Crippen molar-refractivity contribution in [1.29, 1.82) is 10.5 Å². The summed E-state index contributed by atoms with van der Waals surface area (Å²) in [6, 6.07) is 10.1. The molecule has 2 rings (SSSR count). The second-order valence-corrected chi connectivity index (χ2v) is 4.15. The Balaban J connectivity index is 0.000000705. The monoisotopic (exact) mass is 328 g/mol. The minimum atomic E-state index is 0.527. The van der Waals surface area contributed by atoms with Crippen molar-refractivity contribution in [2.24, 2.45) is 0 Å². The number of nitrogens with zero attached hydrogens (tertiary/aromatic N) is 2. The van der Waals surface area contributed by atoms with Gasteiger partial charge in [0.15, 0.2) is 12.1 Å². The van der Waals surface area contributed by atoms with Gasteiger partial charge in [-0.15, -0.1) is 0 Å². The highest BCUT2D eigenvalue weighted by Crippen LogP contribution is 2.22. The fraction of sp³-hybridized carbons (Fsp3) is 0.222. The molecule has 0 heterocycles. The standard InChI is InChI=1S/C14H14O2S.C2N2.C2H6/c1-11(16-17)12-7-9-14(10-8-12)15-13-5-3-2-4-6-13;3-1-2-4;1-2/h2-3,5,7-10,17H,1,4,6H2;;1-2H3. The lowest BCUT2D eigenvalue weighted by Gasteiger charge is -2.11. The van der Waals surface area contributed by atoms with E-state index in [2.05, 4.69) is 25.6 Å². The molecule has 0 radical (unpaired) electrons. The van der Waals surface area contributed by atoms with Crippen LogP contribution in [0.25, 0.3) is 5.76 Å². The summed E-state index contributed by atoms with van der Waals surface area (Å²) in [6.45, 7) is 7.73. The lowest BCUT2D eigenvalue weighted by Crippen LogP contribution is -1.97. The van der Waals surface area contributed by atoms with Crippen molar-refractivity contribution in [3.05, 3.63) is 60.4 Å². The number of ether oxygens (including phenoxy) is 1. The maximum absolute atomic E-state index is 7.26. The van der Waals surface area contributed by atoms with E-state index >= 15 is 0 Å². The Hall–Kier alpha value is -2.63. The Bertz CT molecular complexity index is 608. The zero-order valence-corrected chi connectivity index (χ0v) is 14.2. The summed E-state index contributed by atoms with van der Waals surface area (Å²) in [5.41, 5.74) is 0.893. The molecule has 1 aromatic rings. The Morgan fingerprint density at radius 1 is 1.17 bits per heavy atom. The van der Waals surface area contributed by atoms with Crippen molar-refractivity contribution in [2.75, 3.05) is 0 Å². The van der Waals surface area contributed by atoms with Crippen molar-refractivity contribution in [3.63, 3.8) is 0 Å². The smallest absolute Gasteiger partial charge is 0.181 e. The van der Waals surface area contributed by atoms with Crippen LogP contribution in [0.2, 0.25) is 0 Å². The summed E-state index contributed by atoms with van der Waals surface area (Å²) in [5.74, 6) is 2.34. The average molecular weight is 328 g/mol. The molecule has 0 atom stereocenters. The number of hydrogen-bond acceptors (Lipinski definition) is 5. The molecule has 0 spiro atoms. The molecule has 0 aliphatic heterocycles. The quantitative estimate of drug-likeness (QED) is 0.469. The highest BCUT2D eigenvalue weighted by Gasteiger charge is 2.04. The third kappa shape index (κ3) is 8.40.